The molecule has 0 radical (unpaired) electrons. The van der Waals surface area contributed by atoms with Crippen molar-refractivity contribution in [2.24, 2.45) is 11.8 Å². The molecule has 2 amide bonds. The van der Waals surface area contributed by atoms with Gasteiger partial charge in [0.1, 0.15) is 5.60 Å². The van der Waals surface area contributed by atoms with Gasteiger partial charge in [-0.2, -0.15) is 0 Å². The highest BCUT2D eigenvalue weighted by atomic mass is 16.6. The van der Waals surface area contributed by atoms with Crippen molar-refractivity contribution in [3.8, 4) is 0 Å². The Labute approximate surface area is 157 Å². The van der Waals surface area contributed by atoms with Gasteiger partial charge in [0.2, 0.25) is 5.91 Å². The smallest absolute Gasteiger partial charge is 0.410 e. The Morgan fingerprint density at radius 3 is 2.38 bits per heavy atom. The number of nitrogens with one attached hydrogen (secondary N) is 1. The van der Waals surface area contributed by atoms with E-state index in [9.17, 15) is 9.59 Å². The van der Waals surface area contributed by atoms with Crippen LogP contribution in [0.15, 0.2) is 30.3 Å². The Morgan fingerprint density at radius 2 is 1.81 bits per heavy atom. The average Bonchev–Trinajstić information content (AvgIpc) is 2.59. The zero-order valence-electron chi connectivity index (χ0n) is 16.5. The van der Waals surface area contributed by atoms with Crippen LogP contribution in [0.5, 0.6) is 0 Å². The first kappa shape index (κ1) is 20.3. The lowest BCUT2D eigenvalue weighted by atomic mass is 9.95. The number of carbonyl (C=O) groups excluding carboxylic acids is 2. The first-order valence-electron chi connectivity index (χ1n) is 9.54. The molecule has 26 heavy (non-hydrogen) atoms. The molecule has 1 saturated heterocycles. The maximum absolute atomic E-state index is 12.4. The normalized spacial score (nSPS) is 16.8. The molecule has 1 unspecified atom stereocenters. The van der Waals surface area contributed by atoms with Crippen molar-refractivity contribution in [3.05, 3.63) is 35.9 Å². The third-order valence-corrected chi connectivity index (χ3v) is 4.57. The van der Waals surface area contributed by atoms with Gasteiger partial charge in [0.15, 0.2) is 0 Å². The minimum Gasteiger partial charge on any atom is -0.444 e. The Morgan fingerprint density at radius 1 is 1.19 bits per heavy atom. The maximum Gasteiger partial charge on any atom is 0.410 e. The molecule has 1 aliphatic rings. The van der Waals surface area contributed by atoms with Crippen molar-refractivity contribution in [2.75, 3.05) is 19.6 Å². The number of hydrogen-bond donors (Lipinski definition) is 1. The number of benzene rings is 1. The Bertz CT molecular complexity index is 587. The van der Waals surface area contributed by atoms with Crippen molar-refractivity contribution in [2.45, 2.75) is 52.6 Å². The van der Waals surface area contributed by atoms with E-state index in [0.717, 1.165) is 6.42 Å². The Kier molecular flexibility index (Phi) is 7.06. The van der Waals surface area contributed by atoms with Gasteiger partial charge in [0.25, 0.3) is 0 Å². The maximum atomic E-state index is 12.4. The highest BCUT2D eigenvalue weighted by Gasteiger charge is 2.29. The number of nitrogens with zero attached hydrogens (tertiary/aromatic N) is 1. The molecular weight excluding hydrogens is 328 g/mol. The van der Waals surface area contributed by atoms with Crippen molar-refractivity contribution in [1.29, 1.82) is 0 Å². The molecule has 1 aromatic carbocycles. The van der Waals surface area contributed by atoms with Crippen molar-refractivity contribution in [1.82, 2.24) is 10.2 Å². The summed E-state index contributed by atoms with van der Waals surface area (Å²) < 4.78 is 5.39. The zero-order chi connectivity index (χ0) is 19.2. The van der Waals surface area contributed by atoms with Crippen molar-refractivity contribution >= 4 is 12.0 Å². The molecule has 1 aliphatic heterocycles. The lowest BCUT2D eigenvalue weighted by Crippen LogP contribution is -2.45. The second-order valence-corrected chi connectivity index (χ2v) is 8.28. The number of carbonyl (C=O) groups is 2. The minimum absolute atomic E-state index is 0.0161. The first-order valence-corrected chi connectivity index (χ1v) is 9.54. The predicted octanol–water partition coefficient (Wildman–Crippen LogP) is 3.63. The van der Waals surface area contributed by atoms with Gasteiger partial charge in [-0.05, 0) is 51.5 Å². The molecule has 0 saturated carbocycles. The summed E-state index contributed by atoms with van der Waals surface area (Å²) in [5.41, 5.74) is 0.806. The molecule has 1 fully saturated rings. The van der Waals surface area contributed by atoms with Crippen LogP contribution in [0.3, 0.4) is 0 Å². The minimum atomic E-state index is -0.486. The van der Waals surface area contributed by atoms with E-state index in [4.69, 9.17) is 4.74 Å². The molecule has 1 aromatic rings. The number of amides is 2. The predicted molar refractivity (Wildman–Crippen MR) is 103 cm³/mol. The van der Waals surface area contributed by atoms with E-state index in [1.165, 1.54) is 5.56 Å². The van der Waals surface area contributed by atoms with Crippen LogP contribution in [0.25, 0.3) is 0 Å². The molecule has 0 aliphatic carbocycles. The second kappa shape index (κ2) is 9.06. The summed E-state index contributed by atoms with van der Waals surface area (Å²) in [6, 6.07) is 10.3. The fourth-order valence-corrected chi connectivity index (χ4v) is 3.16. The largest absolute Gasteiger partial charge is 0.444 e. The van der Waals surface area contributed by atoms with E-state index in [0.29, 0.717) is 38.4 Å². The number of hydrogen-bond acceptors (Lipinski definition) is 3. The van der Waals surface area contributed by atoms with Gasteiger partial charge < -0.3 is 15.0 Å². The number of likely N-dealkylation sites (tertiary alicyclic amines) is 1. The summed E-state index contributed by atoms with van der Waals surface area (Å²) in [6.45, 7) is 9.57. The van der Waals surface area contributed by atoms with Gasteiger partial charge in [-0.15, -0.1) is 0 Å². The number of rotatable bonds is 5. The second-order valence-electron chi connectivity index (χ2n) is 8.28. The Balaban J connectivity index is 1.70. The van der Waals surface area contributed by atoms with Crippen LogP contribution in [0.1, 0.15) is 46.1 Å². The molecule has 5 nitrogen and oxygen atoms in total. The van der Waals surface area contributed by atoms with Crippen LogP contribution in [-0.4, -0.2) is 42.1 Å². The SMILES string of the molecule is CC(CNC(=O)C1CCN(C(=O)OC(C)(C)C)CC1)Cc1ccccc1. The quantitative estimate of drug-likeness (QED) is 0.872. The summed E-state index contributed by atoms with van der Waals surface area (Å²) in [5.74, 6) is 0.481. The van der Waals surface area contributed by atoms with Crippen LogP contribution >= 0.6 is 0 Å². The van der Waals surface area contributed by atoms with Gasteiger partial charge in [0.05, 0.1) is 0 Å². The molecule has 0 spiro atoms. The van der Waals surface area contributed by atoms with Crippen LogP contribution < -0.4 is 5.32 Å². The fraction of sp³-hybridized carbons (Fsp3) is 0.619. The molecule has 0 bridgehead atoms. The van der Waals surface area contributed by atoms with Gasteiger partial charge in [0, 0.05) is 25.6 Å². The van der Waals surface area contributed by atoms with Gasteiger partial charge in [-0.25, -0.2) is 4.79 Å². The lowest BCUT2D eigenvalue weighted by molar-refractivity contribution is -0.126. The number of piperidine rings is 1. The van der Waals surface area contributed by atoms with E-state index in [1.807, 2.05) is 39.0 Å². The van der Waals surface area contributed by atoms with Crippen molar-refractivity contribution in [3.63, 3.8) is 0 Å². The van der Waals surface area contributed by atoms with Crippen LogP contribution in [-0.2, 0) is 16.0 Å². The van der Waals surface area contributed by atoms with Crippen LogP contribution in [0.4, 0.5) is 4.79 Å². The molecule has 1 N–H and O–H groups in total. The van der Waals surface area contributed by atoms with Gasteiger partial charge in [-0.3, -0.25) is 4.79 Å². The van der Waals surface area contributed by atoms with E-state index in [1.54, 1.807) is 4.90 Å². The van der Waals surface area contributed by atoms with Gasteiger partial charge in [-0.1, -0.05) is 37.3 Å². The van der Waals surface area contributed by atoms with E-state index in [2.05, 4.69) is 24.4 Å². The monoisotopic (exact) mass is 360 g/mol. The molecule has 1 atom stereocenters. The molecule has 0 aromatic heterocycles. The molecule has 2 rings (SSSR count). The molecule has 144 valence electrons. The standard InChI is InChI=1S/C21H32N2O3/c1-16(14-17-8-6-5-7-9-17)15-22-19(24)18-10-12-23(13-11-18)20(25)26-21(2,3)4/h5-9,16,18H,10-15H2,1-4H3,(H,22,24). The van der Waals surface area contributed by atoms with Crippen LogP contribution in [0, 0.1) is 11.8 Å². The summed E-state index contributed by atoms with van der Waals surface area (Å²) in [5, 5.41) is 3.08. The topological polar surface area (TPSA) is 58.6 Å². The summed E-state index contributed by atoms with van der Waals surface area (Å²) in [4.78, 5) is 26.2. The highest BCUT2D eigenvalue weighted by molar-refractivity contribution is 5.79. The summed E-state index contributed by atoms with van der Waals surface area (Å²) >= 11 is 0. The number of ether oxygens (including phenoxy) is 1. The first-order chi connectivity index (χ1) is 12.2. The Hall–Kier alpha value is -2.04. The summed E-state index contributed by atoms with van der Waals surface area (Å²) in [6.07, 6.45) is 2.06. The zero-order valence-corrected chi connectivity index (χ0v) is 16.5. The average molecular weight is 360 g/mol. The van der Waals surface area contributed by atoms with Gasteiger partial charge >= 0.3 is 6.09 Å². The fourth-order valence-electron chi connectivity index (χ4n) is 3.16. The highest BCUT2D eigenvalue weighted by Crippen LogP contribution is 2.20. The third-order valence-electron chi connectivity index (χ3n) is 4.57. The molecule has 5 heteroatoms. The summed E-state index contributed by atoms with van der Waals surface area (Å²) in [7, 11) is 0. The molecule has 1 heterocycles. The third kappa shape index (κ3) is 6.70. The van der Waals surface area contributed by atoms with E-state index >= 15 is 0 Å². The van der Waals surface area contributed by atoms with E-state index in [-0.39, 0.29) is 17.9 Å². The van der Waals surface area contributed by atoms with Crippen LogP contribution in [0.2, 0.25) is 0 Å². The lowest BCUT2D eigenvalue weighted by Gasteiger charge is -2.33. The van der Waals surface area contributed by atoms with Crippen molar-refractivity contribution < 1.29 is 14.3 Å². The molecular formula is C21H32N2O3. The van der Waals surface area contributed by atoms with E-state index < -0.39 is 5.60 Å².